The Labute approximate surface area is 217 Å². The summed E-state index contributed by atoms with van der Waals surface area (Å²) in [5.41, 5.74) is 0. The average molecular weight is 531 g/mol. The van der Waals surface area contributed by atoms with E-state index in [1.54, 1.807) is 25.1 Å². The third kappa shape index (κ3) is 6.64. The van der Waals surface area contributed by atoms with Crippen molar-refractivity contribution in [2.75, 3.05) is 6.54 Å². The minimum Gasteiger partial charge on any atom is -0.459 e. The van der Waals surface area contributed by atoms with Crippen LogP contribution in [0.1, 0.15) is 68.8 Å². The van der Waals surface area contributed by atoms with Gasteiger partial charge in [0.2, 0.25) is 5.91 Å². The van der Waals surface area contributed by atoms with Crippen LogP contribution >= 0.6 is 0 Å². The minimum absolute atomic E-state index is 0.105. The predicted octanol–water partition coefficient (Wildman–Crippen LogP) is 2.67. The van der Waals surface area contributed by atoms with Gasteiger partial charge in [-0.1, -0.05) is 31.7 Å². The van der Waals surface area contributed by atoms with E-state index in [9.17, 15) is 22.8 Å². The molecular weight excluding hydrogens is 496 g/mol. The molecule has 11 heteroatoms. The van der Waals surface area contributed by atoms with Gasteiger partial charge in [0, 0.05) is 12.2 Å². The highest BCUT2D eigenvalue weighted by molar-refractivity contribution is 7.89. The number of nitrogens with one attached hydrogen (secondary N) is 2. The molecule has 2 aromatic rings. The van der Waals surface area contributed by atoms with Gasteiger partial charge in [0.05, 0.1) is 18.8 Å². The van der Waals surface area contributed by atoms with Crippen molar-refractivity contribution in [2.24, 2.45) is 5.92 Å². The summed E-state index contributed by atoms with van der Waals surface area (Å²) in [6.45, 7) is 1.38. The number of Topliss-reactive ketones (excluding diaryl/α,β-unsaturated/α-hetero) is 1. The van der Waals surface area contributed by atoms with Gasteiger partial charge in [-0.2, -0.15) is 4.31 Å². The zero-order valence-electron chi connectivity index (χ0n) is 21.0. The lowest BCUT2D eigenvalue weighted by Gasteiger charge is -2.25. The SMILES string of the molecule is C[C@@H]1CC[C@H](NC(=O)[C@@H](CCC2CCCC2)NC(=O)c2ccco2)C(=O)CN1S(=O)(=O)c1ccccn1. The fourth-order valence-electron chi connectivity index (χ4n) is 5.11. The number of ketones is 1. The van der Waals surface area contributed by atoms with Crippen LogP contribution in [-0.2, 0) is 19.6 Å². The van der Waals surface area contributed by atoms with Crippen molar-refractivity contribution in [2.45, 2.75) is 81.4 Å². The molecule has 10 nitrogen and oxygen atoms in total. The number of hydrogen-bond acceptors (Lipinski definition) is 7. The molecule has 4 rings (SSSR count). The second kappa shape index (κ2) is 12.0. The number of rotatable bonds is 9. The first-order valence-electron chi connectivity index (χ1n) is 12.9. The number of aromatic nitrogens is 1. The van der Waals surface area contributed by atoms with Crippen molar-refractivity contribution >= 4 is 27.6 Å². The molecule has 0 bridgehead atoms. The molecule has 2 aliphatic rings. The summed E-state index contributed by atoms with van der Waals surface area (Å²) in [6.07, 6.45) is 9.26. The molecule has 1 saturated heterocycles. The van der Waals surface area contributed by atoms with E-state index >= 15 is 0 Å². The number of pyridine rings is 1. The lowest BCUT2D eigenvalue weighted by atomic mass is 9.97. The van der Waals surface area contributed by atoms with Crippen LogP contribution in [0.4, 0.5) is 0 Å². The summed E-state index contributed by atoms with van der Waals surface area (Å²) in [6, 6.07) is 5.58. The van der Waals surface area contributed by atoms with Crippen molar-refractivity contribution in [1.82, 2.24) is 19.9 Å². The molecule has 200 valence electrons. The Morgan fingerprint density at radius 1 is 1.14 bits per heavy atom. The second-order valence-corrected chi connectivity index (χ2v) is 11.7. The number of furan rings is 1. The molecule has 3 heterocycles. The molecule has 2 amide bonds. The van der Waals surface area contributed by atoms with E-state index in [-0.39, 0.29) is 17.3 Å². The zero-order chi connectivity index (χ0) is 26.4. The molecule has 0 unspecified atom stereocenters. The Morgan fingerprint density at radius 2 is 1.92 bits per heavy atom. The molecule has 0 radical (unpaired) electrons. The van der Waals surface area contributed by atoms with E-state index < -0.39 is 45.7 Å². The first kappa shape index (κ1) is 27.0. The Bertz CT molecular complexity index is 1180. The van der Waals surface area contributed by atoms with Crippen LogP contribution in [-0.4, -0.2) is 60.0 Å². The van der Waals surface area contributed by atoms with Gasteiger partial charge in [0.15, 0.2) is 16.6 Å². The number of carbonyl (C=O) groups excluding carboxylic acids is 3. The molecule has 2 fully saturated rings. The van der Waals surface area contributed by atoms with Crippen LogP contribution in [0.25, 0.3) is 0 Å². The summed E-state index contributed by atoms with van der Waals surface area (Å²) in [4.78, 5) is 43.0. The largest absolute Gasteiger partial charge is 0.459 e. The third-order valence-electron chi connectivity index (χ3n) is 7.30. The highest BCUT2D eigenvalue weighted by Crippen LogP contribution is 2.29. The van der Waals surface area contributed by atoms with E-state index in [0.29, 0.717) is 25.2 Å². The summed E-state index contributed by atoms with van der Waals surface area (Å²) < 4.78 is 32.6. The highest BCUT2D eigenvalue weighted by Gasteiger charge is 2.38. The average Bonchev–Trinajstić information content (AvgIpc) is 3.60. The number of nitrogens with zero attached hydrogens (tertiary/aromatic N) is 2. The smallest absolute Gasteiger partial charge is 0.287 e. The van der Waals surface area contributed by atoms with Gasteiger partial charge in [0.25, 0.3) is 15.9 Å². The molecule has 0 aromatic carbocycles. The van der Waals surface area contributed by atoms with Gasteiger partial charge < -0.3 is 15.1 Å². The zero-order valence-corrected chi connectivity index (χ0v) is 21.8. The number of carbonyl (C=O) groups is 3. The highest BCUT2D eigenvalue weighted by atomic mass is 32.2. The van der Waals surface area contributed by atoms with Crippen LogP contribution in [0.5, 0.6) is 0 Å². The molecule has 1 aliphatic carbocycles. The molecule has 0 spiro atoms. The molecule has 37 heavy (non-hydrogen) atoms. The van der Waals surface area contributed by atoms with Crippen LogP contribution in [0.15, 0.2) is 52.2 Å². The van der Waals surface area contributed by atoms with E-state index in [1.165, 1.54) is 37.4 Å². The third-order valence-corrected chi connectivity index (χ3v) is 9.17. The van der Waals surface area contributed by atoms with E-state index in [2.05, 4.69) is 15.6 Å². The normalized spacial score (nSPS) is 22.4. The number of sulfonamides is 1. The van der Waals surface area contributed by atoms with Crippen molar-refractivity contribution in [3.8, 4) is 0 Å². The van der Waals surface area contributed by atoms with Gasteiger partial charge >= 0.3 is 0 Å². The Morgan fingerprint density at radius 3 is 2.59 bits per heavy atom. The van der Waals surface area contributed by atoms with Crippen molar-refractivity contribution in [3.63, 3.8) is 0 Å². The van der Waals surface area contributed by atoms with Gasteiger partial charge in [-0.3, -0.25) is 14.4 Å². The fourth-order valence-corrected chi connectivity index (χ4v) is 6.67. The quantitative estimate of drug-likeness (QED) is 0.508. The Balaban J connectivity index is 1.44. The summed E-state index contributed by atoms with van der Waals surface area (Å²) in [7, 11) is -3.97. The van der Waals surface area contributed by atoms with Gasteiger partial charge in [-0.05, 0) is 62.8 Å². The Hall–Kier alpha value is -3.05. The van der Waals surface area contributed by atoms with Crippen LogP contribution in [0.3, 0.4) is 0 Å². The van der Waals surface area contributed by atoms with Gasteiger partial charge in [0.1, 0.15) is 6.04 Å². The van der Waals surface area contributed by atoms with Crippen molar-refractivity contribution in [3.05, 3.63) is 48.6 Å². The van der Waals surface area contributed by atoms with Crippen LogP contribution < -0.4 is 10.6 Å². The molecule has 2 aromatic heterocycles. The Kier molecular flexibility index (Phi) is 8.75. The molecule has 2 N–H and O–H groups in total. The van der Waals surface area contributed by atoms with Crippen molar-refractivity contribution in [1.29, 1.82) is 0 Å². The maximum absolute atomic E-state index is 13.3. The molecular formula is C26H34N4O6S. The maximum Gasteiger partial charge on any atom is 0.287 e. The molecule has 1 aliphatic heterocycles. The summed E-state index contributed by atoms with van der Waals surface area (Å²) in [5, 5.41) is 5.43. The fraction of sp³-hybridized carbons (Fsp3) is 0.538. The molecule has 3 atom stereocenters. The summed E-state index contributed by atoms with van der Waals surface area (Å²) >= 11 is 0. The standard InChI is InChI=1S/C26H34N4O6S/c1-18-11-13-20(22(31)17-30(18)37(34,35)24-10-4-5-15-27-24)28-25(32)21(14-12-19-7-2-3-8-19)29-26(33)23-9-6-16-36-23/h4-6,9-10,15-16,18-21H,2-3,7-8,11-14,17H2,1H3,(H,28,32)(H,29,33)/t18-,20+,21-/m1/s1. The molecule has 1 saturated carbocycles. The lowest BCUT2D eigenvalue weighted by Crippen LogP contribution is -2.52. The monoisotopic (exact) mass is 530 g/mol. The van der Waals surface area contributed by atoms with Crippen LogP contribution in [0.2, 0.25) is 0 Å². The van der Waals surface area contributed by atoms with Gasteiger partial charge in [-0.25, -0.2) is 13.4 Å². The second-order valence-electron chi connectivity index (χ2n) is 9.90. The number of hydrogen-bond donors (Lipinski definition) is 2. The van der Waals surface area contributed by atoms with E-state index in [1.807, 2.05) is 0 Å². The lowest BCUT2D eigenvalue weighted by molar-refractivity contribution is -0.128. The maximum atomic E-state index is 13.3. The minimum atomic E-state index is -3.97. The van der Waals surface area contributed by atoms with Crippen molar-refractivity contribution < 1.29 is 27.2 Å². The topological polar surface area (TPSA) is 139 Å². The first-order chi connectivity index (χ1) is 17.8. The van der Waals surface area contributed by atoms with Gasteiger partial charge in [-0.15, -0.1) is 0 Å². The number of amides is 2. The first-order valence-corrected chi connectivity index (χ1v) is 14.3. The summed E-state index contributed by atoms with van der Waals surface area (Å²) in [5.74, 6) is -0.728. The van der Waals surface area contributed by atoms with E-state index in [4.69, 9.17) is 4.42 Å². The van der Waals surface area contributed by atoms with Crippen LogP contribution in [0, 0.1) is 5.92 Å². The predicted molar refractivity (Wildman–Crippen MR) is 135 cm³/mol. The van der Waals surface area contributed by atoms with E-state index in [0.717, 1.165) is 23.6 Å².